The quantitative estimate of drug-likeness (QED) is 0.811. The van der Waals surface area contributed by atoms with Gasteiger partial charge in [0.15, 0.2) is 0 Å². The Morgan fingerprint density at radius 2 is 1.86 bits per heavy atom. The molecule has 1 fully saturated rings. The molecule has 5 nitrogen and oxygen atoms in total. The molecule has 0 bridgehead atoms. The Kier molecular flexibility index (Phi) is 5.24. The smallest absolute Gasteiger partial charge is 0.240 e. The van der Waals surface area contributed by atoms with Crippen molar-refractivity contribution in [2.75, 3.05) is 31.9 Å². The van der Waals surface area contributed by atoms with Gasteiger partial charge in [0.1, 0.15) is 0 Å². The molecule has 3 N–H and O–H groups in total. The third kappa shape index (κ3) is 4.18. The molecule has 118 valence electrons. The highest BCUT2D eigenvalue weighted by molar-refractivity contribution is 7.89. The van der Waals surface area contributed by atoms with Crippen LogP contribution in [0.4, 0.5) is 5.69 Å². The Balaban J connectivity index is 2.01. The third-order valence-corrected chi connectivity index (χ3v) is 5.59. The fourth-order valence-electron chi connectivity index (χ4n) is 2.73. The second-order valence-corrected chi connectivity index (χ2v) is 7.51. The van der Waals surface area contributed by atoms with Crippen molar-refractivity contribution in [1.82, 2.24) is 9.62 Å². The molecule has 1 aromatic rings. The minimum Gasteiger partial charge on any atom is -0.398 e. The summed E-state index contributed by atoms with van der Waals surface area (Å²) >= 11 is 0. The minimum absolute atomic E-state index is 0.290. The van der Waals surface area contributed by atoms with Gasteiger partial charge in [0, 0.05) is 18.8 Å². The average molecular weight is 311 g/mol. The Morgan fingerprint density at radius 1 is 1.19 bits per heavy atom. The summed E-state index contributed by atoms with van der Waals surface area (Å²) < 4.78 is 27.5. The van der Waals surface area contributed by atoms with Crippen molar-refractivity contribution >= 4 is 15.7 Å². The maximum Gasteiger partial charge on any atom is 0.240 e. The number of nitrogens with zero attached hydrogens (tertiary/aromatic N) is 1. The van der Waals surface area contributed by atoms with Gasteiger partial charge in [0.2, 0.25) is 10.0 Å². The Bertz CT molecular complexity index is 593. The summed E-state index contributed by atoms with van der Waals surface area (Å²) in [5.74, 6) is 0. The Morgan fingerprint density at radius 3 is 2.52 bits per heavy atom. The standard InChI is InChI=1S/C15H25N3O2S/c1-12-10-14(16)13(2)15(11-12)21(19,20)17-6-9-18-7-4-3-5-8-18/h10-11,17H,3-9,16H2,1-2H3. The minimum atomic E-state index is -3.49. The lowest BCUT2D eigenvalue weighted by Gasteiger charge is -2.26. The summed E-state index contributed by atoms with van der Waals surface area (Å²) in [6, 6.07) is 3.47. The number of aryl methyl sites for hydroxylation is 1. The first-order valence-electron chi connectivity index (χ1n) is 7.49. The van der Waals surface area contributed by atoms with E-state index in [0.717, 1.165) is 25.2 Å². The lowest BCUT2D eigenvalue weighted by Crippen LogP contribution is -2.37. The van der Waals surface area contributed by atoms with Crippen LogP contribution in [0.3, 0.4) is 0 Å². The van der Waals surface area contributed by atoms with E-state index in [-0.39, 0.29) is 0 Å². The highest BCUT2D eigenvalue weighted by Gasteiger charge is 2.19. The molecule has 1 aromatic carbocycles. The maximum atomic E-state index is 12.4. The van der Waals surface area contributed by atoms with Gasteiger partial charge in [0.25, 0.3) is 0 Å². The van der Waals surface area contributed by atoms with E-state index in [9.17, 15) is 8.42 Å². The molecule has 1 aliphatic heterocycles. The van der Waals surface area contributed by atoms with Crippen molar-refractivity contribution in [3.05, 3.63) is 23.3 Å². The average Bonchev–Trinajstić information content (AvgIpc) is 2.43. The number of nitrogens with two attached hydrogens (primary N) is 1. The first kappa shape index (κ1) is 16.3. The molecular formula is C15H25N3O2S. The van der Waals surface area contributed by atoms with Crippen molar-refractivity contribution in [3.8, 4) is 0 Å². The predicted molar refractivity (Wildman–Crippen MR) is 85.8 cm³/mol. The molecule has 6 heteroatoms. The van der Waals surface area contributed by atoms with Crippen molar-refractivity contribution in [2.24, 2.45) is 0 Å². The highest BCUT2D eigenvalue weighted by Crippen LogP contribution is 2.22. The largest absolute Gasteiger partial charge is 0.398 e. The summed E-state index contributed by atoms with van der Waals surface area (Å²) in [6.07, 6.45) is 3.70. The number of benzene rings is 1. The lowest BCUT2D eigenvalue weighted by molar-refractivity contribution is 0.233. The van der Waals surface area contributed by atoms with Gasteiger partial charge in [0.05, 0.1) is 4.90 Å². The van der Waals surface area contributed by atoms with E-state index < -0.39 is 10.0 Å². The number of hydrogen-bond acceptors (Lipinski definition) is 4. The SMILES string of the molecule is Cc1cc(N)c(C)c(S(=O)(=O)NCCN2CCCCC2)c1. The highest BCUT2D eigenvalue weighted by atomic mass is 32.2. The van der Waals surface area contributed by atoms with Crippen LogP contribution >= 0.6 is 0 Å². The lowest BCUT2D eigenvalue weighted by atomic mass is 10.1. The number of rotatable bonds is 5. The molecule has 2 rings (SSSR count). The molecule has 0 aliphatic carbocycles. The number of hydrogen-bond donors (Lipinski definition) is 2. The molecule has 0 amide bonds. The van der Waals surface area contributed by atoms with Crippen LogP contribution in [0.5, 0.6) is 0 Å². The molecule has 1 saturated heterocycles. The summed E-state index contributed by atoms with van der Waals surface area (Å²) in [4.78, 5) is 2.60. The van der Waals surface area contributed by atoms with Gasteiger partial charge in [-0.1, -0.05) is 6.42 Å². The normalized spacial score (nSPS) is 17.0. The number of anilines is 1. The zero-order valence-corrected chi connectivity index (χ0v) is 13.7. The van der Waals surface area contributed by atoms with Crippen LogP contribution in [0.15, 0.2) is 17.0 Å². The molecule has 0 atom stereocenters. The number of nitrogens with one attached hydrogen (secondary N) is 1. The maximum absolute atomic E-state index is 12.4. The number of nitrogen functional groups attached to an aromatic ring is 1. The monoisotopic (exact) mass is 311 g/mol. The van der Waals surface area contributed by atoms with Crippen molar-refractivity contribution in [1.29, 1.82) is 0 Å². The Labute approximate surface area is 127 Å². The van der Waals surface area contributed by atoms with Crippen LogP contribution in [0.25, 0.3) is 0 Å². The van der Waals surface area contributed by atoms with Crippen LogP contribution in [0, 0.1) is 13.8 Å². The van der Waals surface area contributed by atoms with Crippen LogP contribution in [0.2, 0.25) is 0 Å². The first-order chi connectivity index (χ1) is 9.90. The molecule has 0 radical (unpaired) electrons. The van der Waals surface area contributed by atoms with Gasteiger partial charge in [-0.2, -0.15) is 0 Å². The fourth-order valence-corrected chi connectivity index (χ4v) is 4.11. The van der Waals surface area contributed by atoms with Gasteiger partial charge in [-0.3, -0.25) is 0 Å². The Hall–Kier alpha value is -1.11. The molecular weight excluding hydrogens is 286 g/mol. The van der Waals surface area contributed by atoms with E-state index >= 15 is 0 Å². The van der Waals surface area contributed by atoms with Gasteiger partial charge in [-0.15, -0.1) is 0 Å². The first-order valence-corrected chi connectivity index (χ1v) is 8.97. The summed E-state index contributed by atoms with van der Waals surface area (Å²) in [5, 5.41) is 0. The van der Waals surface area contributed by atoms with Crippen LogP contribution in [-0.2, 0) is 10.0 Å². The topological polar surface area (TPSA) is 75.4 Å². The van der Waals surface area contributed by atoms with E-state index in [1.165, 1.54) is 19.3 Å². The molecule has 0 spiro atoms. The zero-order valence-electron chi connectivity index (χ0n) is 12.9. The van der Waals surface area contributed by atoms with E-state index in [1.54, 1.807) is 19.1 Å². The van der Waals surface area contributed by atoms with Crippen LogP contribution < -0.4 is 10.5 Å². The second-order valence-electron chi connectivity index (χ2n) is 5.78. The van der Waals surface area contributed by atoms with E-state index in [1.807, 2.05) is 6.92 Å². The van der Waals surface area contributed by atoms with Gasteiger partial charge in [-0.25, -0.2) is 13.1 Å². The number of piperidine rings is 1. The number of likely N-dealkylation sites (tertiary alicyclic amines) is 1. The van der Waals surface area contributed by atoms with E-state index in [2.05, 4.69) is 9.62 Å². The van der Waals surface area contributed by atoms with Gasteiger partial charge in [-0.05, 0) is 63.0 Å². The number of sulfonamides is 1. The summed E-state index contributed by atoms with van der Waals surface area (Å²) in [6.45, 7) is 6.93. The molecule has 0 saturated carbocycles. The molecule has 0 aromatic heterocycles. The van der Waals surface area contributed by atoms with Crippen molar-refractivity contribution in [3.63, 3.8) is 0 Å². The van der Waals surface area contributed by atoms with Gasteiger partial charge >= 0.3 is 0 Å². The molecule has 1 heterocycles. The predicted octanol–water partition coefficient (Wildman–Crippen LogP) is 1.65. The van der Waals surface area contributed by atoms with Crippen LogP contribution in [-0.4, -0.2) is 39.5 Å². The molecule has 0 unspecified atom stereocenters. The molecule has 1 aliphatic rings. The fraction of sp³-hybridized carbons (Fsp3) is 0.600. The van der Waals surface area contributed by atoms with Crippen molar-refractivity contribution in [2.45, 2.75) is 38.0 Å². The summed E-state index contributed by atoms with van der Waals surface area (Å²) in [5.41, 5.74) is 7.86. The second kappa shape index (κ2) is 6.77. The zero-order chi connectivity index (χ0) is 15.5. The van der Waals surface area contributed by atoms with E-state index in [4.69, 9.17) is 5.73 Å². The van der Waals surface area contributed by atoms with E-state index in [0.29, 0.717) is 22.7 Å². The van der Waals surface area contributed by atoms with Crippen LogP contribution in [0.1, 0.15) is 30.4 Å². The van der Waals surface area contributed by atoms with Crippen molar-refractivity contribution < 1.29 is 8.42 Å². The summed E-state index contributed by atoms with van der Waals surface area (Å²) in [7, 11) is -3.49. The third-order valence-electron chi connectivity index (χ3n) is 4.00. The van der Waals surface area contributed by atoms with Gasteiger partial charge < -0.3 is 10.6 Å². The molecule has 21 heavy (non-hydrogen) atoms.